The SMILES string of the molecule is Cc1cc(Cl)c(OCCOc2ccc(C3=C(C(=O)N(Cc4cccc(C)c4C)C4CC4)[C@H]4C[NH2+]C[C@@H](C3)[NH2+]4)cc2)c(Cl)c1. The van der Waals surface area contributed by atoms with Crippen molar-refractivity contribution in [2.75, 3.05) is 26.3 Å². The van der Waals surface area contributed by atoms with Crippen molar-refractivity contribution in [1.82, 2.24) is 4.90 Å². The molecule has 4 N–H and O–H groups in total. The van der Waals surface area contributed by atoms with Crippen molar-refractivity contribution in [3.63, 3.8) is 0 Å². The molecular weight excluding hydrogens is 581 g/mol. The van der Waals surface area contributed by atoms with Gasteiger partial charge in [0.1, 0.15) is 38.1 Å². The van der Waals surface area contributed by atoms with Gasteiger partial charge in [-0.25, -0.2) is 0 Å². The molecule has 3 aromatic rings. The van der Waals surface area contributed by atoms with E-state index in [0.29, 0.717) is 47.6 Å². The highest BCUT2D eigenvalue weighted by Crippen LogP contribution is 2.36. The molecule has 1 saturated heterocycles. The first-order chi connectivity index (χ1) is 20.8. The van der Waals surface area contributed by atoms with E-state index in [9.17, 15) is 4.79 Å². The van der Waals surface area contributed by atoms with Crippen molar-refractivity contribution in [3.05, 3.63) is 98.0 Å². The molecule has 226 valence electrons. The first-order valence-corrected chi connectivity index (χ1v) is 16.1. The lowest BCUT2D eigenvalue weighted by Crippen LogP contribution is -3.12. The van der Waals surface area contributed by atoms with E-state index < -0.39 is 0 Å². The van der Waals surface area contributed by atoms with Crippen LogP contribution in [0.2, 0.25) is 10.0 Å². The van der Waals surface area contributed by atoms with Crippen molar-refractivity contribution in [2.24, 2.45) is 0 Å². The van der Waals surface area contributed by atoms with Crippen LogP contribution in [0.4, 0.5) is 0 Å². The molecule has 0 unspecified atom stereocenters. The van der Waals surface area contributed by atoms with Gasteiger partial charge in [0.15, 0.2) is 11.8 Å². The van der Waals surface area contributed by atoms with Gasteiger partial charge in [-0.05, 0) is 91.3 Å². The molecule has 1 aliphatic carbocycles. The van der Waals surface area contributed by atoms with Crippen LogP contribution >= 0.6 is 23.2 Å². The summed E-state index contributed by atoms with van der Waals surface area (Å²) in [5.41, 5.74) is 8.07. The van der Waals surface area contributed by atoms with Gasteiger partial charge in [0.2, 0.25) is 0 Å². The number of piperazine rings is 1. The summed E-state index contributed by atoms with van der Waals surface area (Å²) in [6.07, 6.45) is 3.06. The molecule has 2 fully saturated rings. The highest BCUT2D eigenvalue weighted by molar-refractivity contribution is 6.37. The van der Waals surface area contributed by atoms with Gasteiger partial charge in [0.05, 0.1) is 15.6 Å². The average molecular weight is 623 g/mol. The normalized spacial score (nSPS) is 19.7. The molecule has 0 aromatic heterocycles. The Morgan fingerprint density at radius 2 is 1.67 bits per heavy atom. The molecule has 1 saturated carbocycles. The van der Waals surface area contributed by atoms with Crippen LogP contribution in [0.3, 0.4) is 0 Å². The topological polar surface area (TPSA) is 72.0 Å². The number of rotatable bonds is 10. The second kappa shape index (κ2) is 12.9. The first kappa shape index (κ1) is 30.0. The molecule has 6 nitrogen and oxygen atoms in total. The molecule has 3 aromatic carbocycles. The zero-order valence-corrected chi connectivity index (χ0v) is 26.7. The number of hydrogen-bond acceptors (Lipinski definition) is 3. The van der Waals surface area contributed by atoms with Gasteiger partial charge in [-0.1, -0.05) is 53.5 Å². The van der Waals surface area contributed by atoms with Gasteiger partial charge in [-0.2, -0.15) is 0 Å². The molecule has 2 atom stereocenters. The minimum Gasteiger partial charge on any atom is -0.490 e. The Kier molecular flexibility index (Phi) is 9.01. The van der Waals surface area contributed by atoms with Crippen LogP contribution in [0.1, 0.15) is 47.1 Å². The van der Waals surface area contributed by atoms with E-state index in [1.807, 2.05) is 31.2 Å². The molecule has 2 heterocycles. The average Bonchev–Trinajstić information content (AvgIpc) is 3.82. The Balaban J connectivity index is 1.19. The number of carbonyl (C=O) groups is 1. The summed E-state index contributed by atoms with van der Waals surface area (Å²) in [5, 5.41) is 5.80. The molecule has 43 heavy (non-hydrogen) atoms. The Hall–Kier alpha value is -3.03. The molecule has 8 heteroatoms. The highest BCUT2D eigenvalue weighted by Gasteiger charge is 2.44. The van der Waals surface area contributed by atoms with Crippen molar-refractivity contribution in [1.29, 1.82) is 0 Å². The maximum Gasteiger partial charge on any atom is 0.256 e. The Morgan fingerprint density at radius 3 is 2.40 bits per heavy atom. The van der Waals surface area contributed by atoms with E-state index in [2.05, 4.69) is 59.7 Å². The van der Waals surface area contributed by atoms with Crippen LogP contribution in [0.15, 0.2) is 60.2 Å². The summed E-state index contributed by atoms with van der Waals surface area (Å²) in [5.74, 6) is 1.44. The Morgan fingerprint density at radius 1 is 0.953 bits per heavy atom. The third-order valence-corrected chi connectivity index (χ3v) is 9.60. The Labute approximate surface area is 264 Å². The Bertz CT molecular complexity index is 1510. The van der Waals surface area contributed by atoms with Crippen molar-refractivity contribution in [3.8, 4) is 11.5 Å². The molecule has 6 rings (SSSR count). The van der Waals surface area contributed by atoms with Gasteiger partial charge in [0, 0.05) is 19.0 Å². The van der Waals surface area contributed by atoms with Gasteiger partial charge in [-0.15, -0.1) is 0 Å². The quantitative estimate of drug-likeness (QED) is 0.325. The fraction of sp³-hybridized carbons (Fsp3) is 0.400. The summed E-state index contributed by atoms with van der Waals surface area (Å²) in [7, 11) is 0. The minimum absolute atomic E-state index is 0.170. The summed E-state index contributed by atoms with van der Waals surface area (Å²) < 4.78 is 11.8. The lowest BCUT2D eigenvalue weighted by Gasteiger charge is -2.36. The number of ether oxygens (including phenoxy) is 2. The number of nitrogens with zero attached hydrogens (tertiary/aromatic N) is 1. The zero-order valence-electron chi connectivity index (χ0n) is 25.2. The summed E-state index contributed by atoms with van der Waals surface area (Å²) in [4.78, 5) is 16.6. The maximum atomic E-state index is 14.5. The minimum atomic E-state index is 0.170. The van der Waals surface area contributed by atoms with Crippen LogP contribution in [-0.4, -0.2) is 55.2 Å². The number of aryl methyl sites for hydroxylation is 2. The van der Waals surface area contributed by atoms with Gasteiger partial charge in [0.25, 0.3) is 5.91 Å². The number of fused-ring (bicyclic) bond motifs is 2. The second-order valence-corrected chi connectivity index (χ2v) is 13.0. The van der Waals surface area contributed by atoms with Gasteiger partial charge >= 0.3 is 0 Å². The molecule has 1 amide bonds. The number of quaternary nitrogens is 2. The van der Waals surface area contributed by atoms with E-state index in [1.165, 1.54) is 22.3 Å². The summed E-state index contributed by atoms with van der Waals surface area (Å²) >= 11 is 12.6. The van der Waals surface area contributed by atoms with Gasteiger partial charge < -0.3 is 25.0 Å². The number of amides is 1. The number of halogens is 2. The third kappa shape index (κ3) is 6.73. The van der Waals surface area contributed by atoms with Crippen LogP contribution in [0.25, 0.3) is 5.57 Å². The molecule has 2 bridgehead atoms. The standard InChI is InChI=1S/C35H39Cl2N3O3/c1-21-15-30(36)34(31(37)16-21)43-14-13-42-28-11-7-24(8-12-28)29-17-26-18-38-19-32(39-26)33(29)35(41)40(27-9-10-27)20-25-6-4-5-22(2)23(25)3/h4-8,11-12,15-16,26-27,32,38-39H,9-10,13-14,17-20H2,1-3H3/p+2/t26-,32-/m1/s1. The lowest BCUT2D eigenvalue weighted by molar-refractivity contribution is -0.829. The number of carbonyl (C=O) groups excluding carboxylic acids is 1. The van der Waals surface area contributed by atoms with E-state index >= 15 is 0 Å². The van der Waals surface area contributed by atoms with Crippen molar-refractivity contribution >= 4 is 34.7 Å². The second-order valence-electron chi connectivity index (χ2n) is 12.2. The fourth-order valence-electron chi connectivity index (χ4n) is 6.45. The number of nitrogens with two attached hydrogens (primary N) is 2. The molecular formula is C35H41Cl2N3O3+2. The van der Waals surface area contributed by atoms with Crippen molar-refractivity contribution < 1.29 is 24.9 Å². The van der Waals surface area contributed by atoms with E-state index in [-0.39, 0.29) is 11.9 Å². The smallest absolute Gasteiger partial charge is 0.256 e. The van der Waals surface area contributed by atoms with E-state index in [1.54, 1.807) is 0 Å². The summed E-state index contributed by atoms with van der Waals surface area (Å²) in [6.45, 7) is 9.61. The van der Waals surface area contributed by atoms with Crippen molar-refractivity contribution in [2.45, 2.75) is 64.7 Å². The predicted molar refractivity (Wildman–Crippen MR) is 171 cm³/mol. The third-order valence-electron chi connectivity index (χ3n) is 9.04. The predicted octanol–water partition coefficient (Wildman–Crippen LogP) is 4.60. The highest BCUT2D eigenvalue weighted by atomic mass is 35.5. The summed E-state index contributed by atoms with van der Waals surface area (Å²) in [6, 6.07) is 19.2. The molecule has 0 spiro atoms. The van der Waals surface area contributed by atoms with E-state index in [4.69, 9.17) is 32.7 Å². The van der Waals surface area contributed by atoms with Crippen LogP contribution in [0, 0.1) is 20.8 Å². The molecule has 0 radical (unpaired) electrons. The van der Waals surface area contributed by atoms with Crippen LogP contribution < -0.4 is 20.1 Å². The molecule has 2 aliphatic heterocycles. The zero-order chi connectivity index (χ0) is 30.1. The first-order valence-electron chi connectivity index (χ1n) is 15.4. The monoisotopic (exact) mass is 621 g/mol. The molecule has 3 aliphatic rings. The fourth-order valence-corrected chi connectivity index (χ4v) is 7.16. The van der Waals surface area contributed by atoms with Crippen LogP contribution in [-0.2, 0) is 11.3 Å². The van der Waals surface area contributed by atoms with E-state index in [0.717, 1.165) is 54.8 Å². The number of hydrogen-bond donors (Lipinski definition) is 2. The number of benzene rings is 3. The van der Waals surface area contributed by atoms with Gasteiger partial charge in [-0.3, -0.25) is 4.79 Å². The maximum absolute atomic E-state index is 14.5. The largest absolute Gasteiger partial charge is 0.490 e. The van der Waals surface area contributed by atoms with Crippen LogP contribution in [0.5, 0.6) is 11.5 Å². The lowest BCUT2D eigenvalue weighted by atomic mass is 9.83.